The third-order valence-electron chi connectivity index (χ3n) is 3.59. The molecule has 3 nitrogen and oxygen atoms in total. The Bertz CT molecular complexity index is 386. The highest BCUT2D eigenvalue weighted by atomic mass is 16.5. The van der Waals surface area contributed by atoms with Crippen molar-refractivity contribution < 1.29 is 9.47 Å². The van der Waals surface area contributed by atoms with Crippen LogP contribution in [0.1, 0.15) is 44.1 Å². The summed E-state index contributed by atoms with van der Waals surface area (Å²) in [6.07, 6.45) is 4.38. The Morgan fingerprint density at radius 2 is 2.06 bits per heavy atom. The molecule has 0 atom stereocenters. The van der Waals surface area contributed by atoms with Crippen molar-refractivity contribution in [3.05, 3.63) is 23.8 Å². The molecule has 3 heteroatoms. The Morgan fingerprint density at radius 1 is 1.28 bits per heavy atom. The first-order valence-corrected chi connectivity index (χ1v) is 6.81. The molecule has 1 aromatic carbocycles. The molecular weight excluding hydrogens is 226 g/mol. The fourth-order valence-electron chi connectivity index (χ4n) is 2.32. The van der Waals surface area contributed by atoms with E-state index in [0.29, 0.717) is 12.0 Å². The molecule has 0 aliphatic heterocycles. The van der Waals surface area contributed by atoms with E-state index in [9.17, 15) is 0 Å². The molecular formula is C15H23NO2. The van der Waals surface area contributed by atoms with Crippen molar-refractivity contribution in [1.82, 2.24) is 0 Å². The van der Waals surface area contributed by atoms with Crippen molar-refractivity contribution in [3.63, 3.8) is 0 Å². The van der Waals surface area contributed by atoms with Gasteiger partial charge in [0.05, 0.1) is 13.7 Å². The maximum Gasteiger partial charge on any atom is 0.161 e. The maximum atomic E-state index is 5.83. The summed E-state index contributed by atoms with van der Waals surface area (Å²) in [4.78, 5) is 0. The molecule has 18 heavy (non-hydrogen) atoms. The first kappa shape index (κ1) is 13.2. The van der Waals surface area contributed by atoms with Gasteiger partial charge in [-0.25, -0.2) is 0 Å². The van der Waals surface area contributed by atoms with E-state index >= 15 is 0 Å². The zero-order valence-electron chi connectivity index (χ0n) is 11.3. The van der Waals surface area contributed by atoms with Crippen molar-refractivity contribution in [2.45, 2.75) is 44.6 Å². The summed E-state index contributed by atoms with van der Waals surface area (Å²) in [5.41, 5.74) is 7.15. The smallest absolute Gasteiger partial charge is 0.161 e. The van der Waals surface area contributed by atoms with Gasteiger partial charge in [-0.3, -0.25) is 0 Å². The molecule has 2 rings (SSSR count). The second kappa shape index (κ2) is 6.10. The van der Waals surface area contributed by atoms with Crippen LogP contribution >= 0.6 is 0 Å². The molecule has 100 valence electrons. The van der Waals surface area contributed by atoms with E-state index in [1.54, 1.807) is 7.11 Å². The molecule has 0 saturated heterocycles. The van der Waals surface area contributed by atoms with Gasteiger partial charge < -0.3 is 15.2 Å². The fourth-order valence-corrected chi connectivity index (χ4v) is 2.32. The van der Waals surface area contributed by atoms with Crippen LogP contribution in [0.25, 0.3) is 0 Å². The first-order valence-electron chi connectivity index (χ1n) is 6.81. The molecule has 1 saturated carbocycles. The first-order chi connectivity index (χ1) is 8.74. The Kier molecular flexibility index (Phi) is 4.48. The highest BCUT2D eigenvalue weighted by Gasteiger charge is 2.27. The van der Waals surface area contributed by atoms with E-state index in [1.165, 1.54) is 5.56 Å². The van der Waals surface area contributed by atoms with Crippen LogP contribution in [-0.2, 0) is 0 Å². The lowest BCUT2D eigenvalue weighted by atomic mass is 9.76. The summed E-state index contributed by atoms with van der Waals surface area (Å²) in [5.74, 6) is 2.28. The number of unbranched alkanes of at least 4 members (excludes halogenated alkanes) is 1. The van der Waals surface area contributed by atoms with Gasteiger partial charge in [-0.05, 0) is 42.9 Å². The number of nitrogens with two attached hydrogens (primary N) is 1. The van der Waals surface area contributed by atoms with E-state index < -0.39 is 0 Å². The molecule has 2 N–H and O–H groups in total. The minimum Gasteiger partial charge on any atom is -0.493 e. The quantitative estimate of drug-likeness (QED) is 0.788. The minimum absolute atomic E-state index is 0.376. The summed E-state index contributed by atoms with van der Waals surface area (Å²) in [5, 5.41) is 0. The Balaban J connectivity index is 2.03. The Morgan fingerprint density at radius 3 is 2.67 bits per heavy atom. The van der Waals surface area contributed by atoms with Gasteiger partial charge in [-0.2, -0.15) is 0 Å². The van der Waals surface area contributed by atoms with Gasteiger partial charge in [0.1, 0.15) is 0 Å². The monoisotopic (exact) mass is 249 g/mol. The summed E-state index contributed by atoms with van der Waals surface area (Å²) >= 11 is 0. The number of rotatable bonds is 6. The van der Waals surface area contributed by atoms with Gasteiger partial charge in [-0.1, -0.05) is 19.4 Å². The number of hydrogen-bond acceptors (Lipinski definition) is 3. The summed E-state index contributed by atoms with van der Waals surface area (Å²) in [6.45, 7) is 2.91. The van der Waals surface area contributed by atoms with Gasteiger partial charge in [0.25, 0.3) is 0 Å². The van der Waals surface area contributed by atoms with Crippen molar-refractivity contribution in [3.8, 4) is 11.5 Å². The minimum atomic E-state index is 0.376. The number of ether oxygens (including phenoxy) is 2. The third kappa shape index (κ3) is 2.96. The molecule has 1 aliphatic carbocycles. The van der Waals surface area contributed by atoms with E-state index in [0.717, 1.165) is 43.8 Å². The average Bonchev–Trinajstić information content (AvgIpc) is 2.36. The van der Waals surface area contributed by atoms with E-state index in [1.807, 2.05) is 6.07 Å². The second-order valence-corrected chi connectivity index (χ2v) is 5.04. The van der Waals surface area contributed by atoms with Crippen LogP contribution < -0.4 is 15.2 Å². The van der Waals surface area contributed by atoms with Crippen LogP contribution in [0.2, 0.25) is 0 Å². The molecule has 0 bridgehead atoms. The Hall–Kier alpha value is -1.22. The van der Waals surface area contributed by atoms with Crippen LogP contribution in [0.15, 0.2) is 18.2 Å². The van der Waals surface area contributed by atoms with Crippen molar-refractivity contribution >= 4 is 0 Å². The molecule has 0 aromatic heterocycles. The molecule has 0 radical (unpaired) electrons. The predicted molar refractivity (Wildman–Crippen MR) is 73.3 cm³/mol. The molecule has 0 spiro atoms. The fraction of sp³-hybridized carbons (Fsp3) is 0.600. The highest BCUT2D eigenvalue weighted by molar-refractivity contribution is 5.44. The van der Waals surface area contributed by atoms with Crippen LogP contribution in [0, 0.1) is 0 Å². The standard InChI is InChI=1S/C15H23NO2/c1-3-4-7-18-14-6-5-11(10-15(14)17-2)12-8-13(16)9-12/h5-6,10,12-13H,3-4,7-9,16H2,1-2H3. The van der Waals surface area contributed by atoms with Gasteiger partial charge >= 0.3 is 0 Å². The van der Waals surface area contributed by atoms with Crippen molar-refractivity contribution in [2.75, 3.05) is 13.7 Å². The molecule has 1 aliphatic rings. The zero-order valence-corrected chi connectivity index (χ0v) is 11.3. The molecule has 1 aromatic rings. The SMILES string of the molecule is CCCCOc1ccc(C2CC(N)C2)cc1OC. The number of hydrogen-bond donors (Lipinski definition) is 1. The highest BCUT2D eigenvalue weighted by Crippen LogP contribution is 2.39. The lowest BCUT2D eigenvalue weighted by Gasteiger charge is -2.33. The summed E-state index contributed by atoms with van der Waals surface area (Å²) in [7, 11) is 1.69. The summed E-state index contributed by atoms with van der Waals surface area (Å²) < 4.78 is 11.1. The summed E-state index contributed by atoms with van der Waals surface area (Å²) in [6, 6.07) is 6.63. The molecule has 0 amide bonds. The lowest BCUT2D eigenvalue weighted by Crippen LogP contribution is -2.34. The molecule has 0 unspecified atom stereocenters. The average molecular weight is 249 g/mol. The number of methoxy groups -OCH3 is 1. The number of benzene rings is 1. The van der Waals surface area contributed by atoms with Gasteiger partial charge in [0, 0.05) is 6.04 Å². The Labute approximate surface area is 109 Å². The van der Waals surface area contributed by atoms with E-state index in [2.05, 4.69) is 19.1 Å². The normalized spacial score (nSPS) is 22.4. The van der Waals surface area contributed by atoms with Crippen molar-refractivity contribution in [1.29, 1.82) is 0 Å². The van der Waals surface area contributed by atoms with E-state index in [4.69, 9.17) is 15.2 Å². The maximum absolute atomic E-state index is 5.83. The van der Waals surface area contributed by atoms with Gasteiger partial charge in [-0.15, -0.1) is 0 Å². The third-order valence-corrected chi connectivity index (χ3v) is 3.59. The van der Waals surface area contributed by atoms with Gasteiger partial charge in [0.2, 0.25) is 0 Å². The van der Waals surface area contributed by atoms with Crippen LogP contribution in [0.5, 0.6) is 11.5 Å². The molecule has 1 fully saturated rings. The van der Waals surface area contributed by atoms with Crippen LogP contribution in [0.3, 0.4) is 0 Å². The zero-order chi connectivity index (χ0) is 13.0. The van der Waals surface area contributed by atoms with Crippen LogP contribution in [0.4, 0.5) is 0 Å². The van der Waals surface area contributed by atoms with Crippen LogP contribution in [-0.4, -0.2) is 19.8 Å². The predicted octanol–water partition coefficient (Wildman–Crippen LogP) is 3.08. The second-order valence-electron chi connectivity index (χ2n) is 5.04. The van der Waals surface area contributed by atoms with E-state index in [-0.39, 0.29) is 0 Å². The lowest BCUT2D eigenvalue weighted by molar-refractivity contribution is 0.287. The van der Waals surface area contributed by atoms with Gasteiger partial charge in [0.15, 0.2) is 11.5 Å². The topological polar surface area (TPSA) is 44.5 Å². The molecule has 0 heterocycles. The van der Waals surface area contributed by atoms with Crippen molar-refractivity contribution in [2.24, 2.45) is 5.73 Å². The largest absolute Gasteiger partial charge is 0.493 e.